The van der Waals surface area contributed by atoms with Gasteiger partial charge in [-0.15, -0.1) is 0 Å². The predicted octanol–water partition coefficient (Wildman–Crippen LogP) is 3.14. The van der Waals surface area contributed by atoms with Crippen LogP contribution in [0.25, 0.3) is 0 Å². The number of aryl methyl sites for hydroxylation is 1. The molecule has 102 valence electrons. The van der Waals surface area contributed by atoms with Crippen LogP contribution in [-0.4, -0.2) is 15.8 Å². The summed E-state index contributed by atoms with van der Waals surface area (Å²) in [6.07, 6.45) is 6.22. The van der Waals surface area contributed by atoms with E-state index in [4.69, 9.17) is 10.8 Å². The first-order valence-corrected chi connectivity index (χ1v) is 7.29. The van der Waals surface area contributed by atoms with Crippen LogP contribution in [0.2, 0.25) is 0 Å². The minimum Gasteiger partial charge on any atom is -0.328 e. The van der Waals surface area contributed by atoms with E-state index in [-0.39, 0.29) is 6.04 Å². The molecule has 0 aromatic carbocycles. The van der Waals surface area contributed by atoms with E-state index in [0.29, 0.717) is 6.04 Å². The normalized spacial score (nSPS) is 26.3. The van der Waals surface area contributed by atoms with Crippen LogP contribution < -0.4 is 5.73 Å². The summed E-state index contributed by atoms with van der Waals surface area (Å²) in [5.74, 6) is 0.838. The molecule has 0 spiro atoms. The van der Waals surface area contributed by atoms with Crippen LogP contribution in [0.5, 0.6) is 0 Å². The third kappa shape index (κ3) is 2.77. The van der Waals surface area contributed by atoms with Gasteiger partial charge in [-0.1, -0.05) is 19.8 Å². The SMILES string of the molecule is Cc1nn(C2CCCC(C)C2)c(C)c1CC(C)N. The topological polar surface area (TPSA) is 43.8 Å². The van der Waals surface area contributed by atoms with Crippen LogP contribution >= 0.6 is 0 Å². The molecular weight excluding hydrogens is 222 g/mol. The van der Waals surface area contributed by atoms with Crippen molar-refractivity contribution in [1.82, 2.24) is 9.78 Å². The van der Waals surface area contributed by atoms with Crippen LogP contribution in [0.3, 0.4) is 0 Å². The Morgan fingerprint density at radius 2 is 2.11 bits per heavy atom. The lowest BCUT2D eigenvalue weighted by Gasteiger charge is -2.28. The summed E-state index contributed by atoms with van der Waals surface area (Å²) < 4.78 is 2.28. The largest absolute Gasteiger partial charge is 0.328 e. The molecule has 3 unspecified atom stereocenters. The highest BCUT2D eigenvalue weighted by atomic mass is 15.3. The number of hydrogen-bond donors (Lipinski definition) is 1. The summed E-state index contributed by atoms with van der Waals surface area (Å²) >= 11 is 0. The van der Waals surface area contributed by atoms with Crippen molar-refractivity contribution in [3.63, 3.8) is 0 Å². The number of aromatic nitrogens is 2. The van der Waals surface area contributed by atoms with Crippen molar-refractivity contribution >= 4 is 0 Å². The first-order chi connectivity index (χ1) is 8.49. The molecule has 0 aliphatic heterocycles. The monoisotopic (exact) mass is 249 g/mol. The van der Waals surface area contributed by atoms with Gasteiger partial charge in [-0.05, 0) is 51.5 Å². The van der Waals surface area contributed by atoms with Crippen molar-refractivity contribution in [1.29, 1.82) is 0 Å². The minimum atomic E-state index is 0.213. The summed E-state index contributed by atoms with van der Waals surface area (Å²) in [6.45, 7) is 8.75. The summed E-state index contributed by atoms with van der Waals surface area (Å²) in [5, 5.41) is 4.78. The Bertz CT molecular complexity index is 406. The van der Waals surface area contributed by atoms with E-state index < -0.39 is 0 Å². The highest BCUT2D eigenvalue weighted by molar-refractivity contribution is 5.26. The Hall–Kier alpha value is -0.830. The van der Waals surface area contributed by atoms with Gasteiger partial charge in [0.2, 0.25) is 0 Å². The lowest BCUT2D eigenvalue weighted by molar-refractivity contribution is 0.263. The number of hydrogen-bond acceptors (Lipinski definition) is 2. The first kappa shape index (κ1) is 13.6. The van der Waals surface area contributed by atoms with Gasteiger partial charge in [0.25, 0.3) is 0 Å². The number of rotatable bonds is 3. The van der Waals surface area contributed by atoms with Crippen LogP contribution in [0.15, 0.2) is 0 Å². The van der Waals surface area contributed by atoms with Gasteiger partial charge in [-0.3, -0.25) is 4.68 Å². The fourth-order valence-electron chi connectivity index (χ4n) is 3.29. The average molecular weight is 249 g/mol. The van der Waals surface area contributed by atoms with E-state index in [1.54, 1.807) is 0 Å². The molecule has 2 N–H and O–H groups in total. The second kappa shape index (κ2) is 5.43. The van der Waals surface area contributed by atoms with E-state index >= 15 is 0 Å². The van der Waals surface area contributed by atoms with Crippen molar-refractivity contribution in [2.75, 3.05) is 0 Å². The highest BCUT2D eigenvalue weighted by Crippen LogP contribution is 2.33. The lowest BCUT2D eigenvalue weighted by atomic mass is 9.87. The van der Waals surface area contributed by atoms with E-state index in [9.17, 15) is 0 Å². The molecule has 1 saturated carbocycles. The van der Waals surface area contributed by atoms with Crippen LogP contribution in [0.1, 0.15) is 62.5 Å². The van der Waals surface area contributed by atoms with Gasteiger partial charge in [0.1, 0.15) is 0 Å². The lowest BCUT2D eigenvalue weighted by Crippen LogP contribution is -2.21. The second-order valence-corrected chi connectivity index (χ2v) is 6.20. The van der Waals surface area contributed by atoms with E-state index in [1.165, 1.54) is 42.6 Å². The van der Waals surface area contributed by atoms with E-state index in [2.05, 4.69) is 32.4 Å². The summed E-state index contributed by atoms with van der Waals surface area (Å²) in [6, 6.07) is 0.819. The molecule has 0 saturated heterocycles. The summed E-state index contributed by atoms with van der Waals surface area (Å²) in [5.41, 5.74) is 9.81. The van der Waals surface area contributed by atoms with Crippen molar-refractivity contribution < 1.29 is 0 Å². The molecule has 1 heterocycles. The molecule has 1 aliphatic rings. The molecule has 0 radical (unpaired) electrons. The maximum absolute atomic E-state index is 5.93. The summed E-state index contributed by atoms with van der Waals surface area (Å²) in [4.78, 5) is 0. The maximum Gasteiger partial charge on any atom is 0.0629 e. The van der Waals surface area contributed by atoms with Gasteiger partial charge in [-0.2, -0.15) is 5.10 Å². The predicted molar refractivity (Wildman–Crippen MR) is 75.7 cm³/mol. The molecule has 3 nitrogen and oxygen atoms in total. The fourth-order valence-corrected chi connectivity index (χ4v) is 3.29. The quantitative estimate of drug-likeness (QED) is 0.894. The Balaban J connectivity index is 2.23. The van der Waals surface area contributed by atoms with Crippen LogP contribution in [0.4, 0.5) is 0 Å². The standard InChI is InChI=1S/C15H27N3/c1-10-6-5-7-14(8-10)18-13(4)15(9-11(2)16)12(3)17-18/h10-11,14H,5-9,16H2,1-4H3. The molecule has 3 heteroatoms. The summed E-state index contributed by atoms with van der Waals surface area (Å²) in [7, 11) is 0. The van der Waals surface area contributed by atoms with Gasteiger partial charge in [0.15, 0.2) is 0 Å². The first-order valence-electron chi connectivity index (χ1n) is 7.29. The third-order valence-corrected chi connectivity index (χ3v) is 4.26. The zero-order chi connectivity index (χ0) is 13.3. The number of nitrogens with two attached hydrogens (primary N) is 1. The van der Waals surface area contributed by atoms with Crippen molar-refractivity contribution in [2.24, 2.45) is 11.7 Å². The van der Waals surface area contributed by atoms with Crippen molar-refractivity contribution in [3.8, 4) is 0 Å². The van der Waals surface area contributed by atoms with Gasteiger partial charge >= 0.3 is 0 Å². The van der Waals surface area contributed by atoms with Crippen molar-refractivity contribution in [3.05, 3.63) is 17.0 Å². The molecule has 1 fully saturated rings. The molecule has 1 aromatic heterocycles. The molecule has 18 heavy (non-hydrogen) atoms. The minimum absolute atomic E-state index is 0.213. The molecule has 1 aliphatic carbocycles. The molecule has 3 atom stereocenters. The highest BCUT2D eigenvalue weighted by Gasteiger charge is 2.24. The average Bonchev–Trinajstić information content (AvgIpc) is 2.56. The zero-order valence-electron chi connectivity index (χ0n) is 12.2. The molecule has 0 amide bonds. The fraction of sp³-hybridized carbons (Fsp3) is 0.800. The van der Waals surface area contributed by atoms with Crippen molar-refractivity contribution in [2.45, 2.75) is 71.9 Å². The van der Waals surface area contributed by atoms with Gasteiger partial charge in [0.05, 0.1) is 11.7 Å². The zero-order valence-corrected chi connectivity index (χ0v) is 12.2. The third-order valence-electron chi connectivity index (χ3n) is 4.26. The molecule has 1 aromatic rings. The van der Waals surface area contributed by atoms with Crippen LogP contribution in [0, 0.1) is 19.8 Å². The molecule has 2 rings (SSSR count). The van der Waals surface area contributed by atoms with Gasteiger partial charge in [0, 0.05) is 11.7 Å². The molecular formula is C15H27N3. The van der Waals surface area contributed by atoms with Crippen LogP contribution in [-0.2, 0) is 6.42 Å². The molecule has 0 bridgehead atoms. The smallest absolute Gasteiger partial charge is 0.0629 e. The Labute approximate surface area is 111 Å². The van der Waals surface area contributed by atoms with Gasteiger partial charge < -0.3 is 5.73 Å². The second-order valence-electron chi connectivity index (χ2n) is 6.20. The maximum atomic E-state index is 5.93. The number of nitrogens with zero attached hydrogens (tertiary/aromatic N) is 2. The Morgan fingerprint density at radius 1 is 1.39 bits per heavy atom. The Kier molecular flexibility index (Phi) is 4.10. The van der Waals surface area contributed by atoms with Gasteiger partial charge in [-0.25, -0.2) is 0 Å². The van der Waals surface area contributed by atoms with E-state index in [1.807, 2.05) is 0 Å². The Morgan fingerprint density at radius 3 is 2.72 bits per heavy atom. The van der Waals surface area contributed by atoms with E-state index in [0.717, 1.165) is 12.3 Å².